The van der Waals surface area contributed by atoms with Crippen LogP contribution in [-0.2, 0) is 4.79 Å². The second kappa shape index (κ2) is 6.83. The lowest BCUT2D eigenvalue weighted by Crippen LogP contribution is -2.36. The molecule has 1 amide bonds. The Morgan fingerprint density at radius 3 is 2.78 bits per heavy atom. The minimum Gasteiger partial charge on any atom is -0.399 e. The number of nitrogens with one attached hydrogen (secondary N) is 1. The van der Waals surface area contributed by atoms with Gasteiger partial charge in [0, 0.05) is 31.4 Å². The van der Waals surface area contributed by atoms with Gasteiger partial charge >= 0.3 is 0 Å². The molecule has 2 heterocycles. The number of carbonyl (C=O) groups is 1. The van der Waals surface area contributed by atoms with Crippen molar-refractivity contribution < 1.29 is 4.79 Å². The van der Waals surface area contributed by atoms with Crippen molar-refractivity contribution in [2.45, 2.75) is 19.3 Å². The summed E-state index contributed by atoms with van der Waals surface area (Å²) >= 11 is 0. The summed E-state index contributed by atoms with van der Waals surface area (Å²) in [4.78, 5) is 18.7. The van der Waals surface area contributed by atoms with Gasteiger partial charge in [-0.25, -0.2) is 0 Å². The number of nitrogens with two attached hydrogens (primary N) is 2. The number of nitrogen functional groups attached to an aromatic ring is 1. The van der Waals surface area contributed by atoms with Crippen molar-refractivity contribution in [3.63, 3.8) is 0 Å². The zero-order valence-electron chi connectivity index (χ0n) is 13.2. The summed E-state index contributed by atoms with van der Waals surface area (Å²) in [6, 6.07) is 5.66. The number of hydrogen-bond donors (Lipinski definition) is 3. The maximum atomic E-state index is 12.3. The van der Waals surface area contributed by atoms with Gasteiger partial charge in [-0.1, -0.05) is 6.08 Å². The molecule has 6 nitrogen and oxygen atoms in total. The number of piperidine rings is 1. The highest BCUT2D eigenvalue weighted by molar-refractivity contribution is 6.44. The number of hydrogen-bond acceptors (Lipinski definition) is 5. The number of allylic oxidation sites excluding steroid dienone is 1. The van der Waals surface area contributed by atoms with E-state index in [1.807, 2.05) is 24.3 Å². The third kappa shape index (κ3) is 3.53. The summed E-state index contributed by atoms with van der Waals surface area (Å²) in [6.45, 7) is 2.63. The first-order valence-electron chi connectivity index (χ1n) is 8.05. The number of nitrogens with zero attached hydrogens (tertiary/aromatic N) is 2. The normalized spacial score (nSPS) is 18.1. The Bertz CT molecular complexity index is 644. The van der Waals surface area contributed by atoms with Gasteiger partial charge in [-0.2, -0.15) is 0 Å². The van der Waals surface area contributed by atoms with E-state index in [0.717, 1.165) is 43.9 Å². The Labute approximate surface area is 136 Å². The van der Waals surface area contributed by atoms with Crippen molar-refractivity contribution in [3.05, 3.63) is 30.5 Å². The van der Waals surface area contributed by atoms with E-state index >= 15 is 0 Å². The minimum absolute atomic E-state index is 0.168. The van der Waals surface area contributed by atoms with Crippen LogP contribution in [0.5, 0.6) is 0 Å². The first-order chi connectivity index (χ1) is 11.2. The lowest BCUT2D eigenvalue weighted by Gasteiger charge is -2.34. The van der Waals surface area contributed by atoms with E-state index in [1.54, 1.807) is 6.20 Å². The van der Waals surface area contributed by atoms with Crippen molar-refractivity contribution in [1.82, 2.24) is 0 Å². The fraction of sp³-hybridized carbons (Fsp3) is 0.412. The average Bonchev–Trinajstić information content (AvgIpc) is 3.10. The Morgan fingerprint density at radius 2 is 2.13 bits per heavy atom. The standard InChI is InChI=1S/C17H23N5O/c18-11-12-5-8-22(9-6-12)16-4-3-13(19)10-15(16)21-17(23)14-2-1-7-20-14/h1,3-4,7,10,12H,2,5-6,8-9,11,18-19H2,(H,21,23). The highest BCUT2D eigenvalue weighted by Gasteiger charge is 2.22. The molecular formula is C17H23N5O. The quantitative estimate of drug-likeness (QED) is 0.738. The van der Waals surface area contributed by atoms with E-state index in [4.69, 9.17) is 11.5 Å². The number of benzene rings is 1. The Balaban J connectivity index is 1.77. The molecule has 5 N–H and O–H groups in total. The molecular weight excluding hydrogens is 290 g/mol. The number of aliphatic imine (C=N–C) groups is 1. The molecule has 2 aliphatic rings. The zero-order chi connectivity index (χ0) is 16.2. The third-order valence-corrected chi connectivity index (χ3v) is 4.47. The molecule has 1 aromatic rings. The Kier molecular flexibility index (Phi) is 4.62. The van der Waals surface area contributed by atoms with Gasteiger partial charge in [-0.3, -0.25) is 9.79 Å². The van der Waals surface area contributed by atoms with Gasteiger partial charge in [0.15, 0.2) is 0 Å². The number of rotatable bonds is 4. The van der Waals surface area contributed by atoms with Gasteiger partial charge in [0.1, 0.15) is 5.71 Å². The van der Waals surface area contributed by atoms with E-state index in [-0.39, 0.29) is 5.91 Å². The van der Waals surface area contributed by atoms with E-state index < -0.39 is 0 Å². The molecule has 6 heteroatoms. The van der Waals surface area contributed by atoms with Crippen LogP contribution in [0.3, 0.4) is 0 Å². The summed E-state index contributed by atoms with van der Waals surface area (Å²) < 4.78 is 0. The van der Waals surface area contributed by atoms with Gasteiger partial charge in [0.05, 0.1) is 11.4 Å². The average molecular weight is 313 g/mol. The molecule has 0 saturated carbocycles. The minimum atomic E-state index is -0.168. The fourth-order valence-electron chi connectivity index (χ4n) is 3.04. The van der Waals surface area contributed by atoms with E-state index in [2.05, 4.69) is 15.2 Å². The van der Waals surface area contributed by atoms with Crippen LogP contribution in [0.2, 0.25) is 0 Å². The first kappa shape index (κ1) is 15.6. The molecule has 3 rings (SSSR count). The maximum absolute atomic E-state index is 12.3. The summed E-state index contributed by atoms with van der Waals surface area (Å²) in [5.74, 6) is 0.427. The number of carbonyl (C=O) groups excluding carboxylic acids is 1. The lowest BCUT2D eigenvalue weighted by atomic mass is 9.96. The molecule has 1 fully saturated rings. The van der Waals surface area contributed by atoms with Crippen LogP contribution in [0.1, 0.15) is 19.3 Å². The molecule has 0 atom stereocenters. The Morgan fingerprint density at radius 1 is 1.35 bits per heavy atom. The van der Waals surface area contributed by atoms with Crippen LogP contribution >= 0.6 is 0 Å². The lowest BCUT2D eigenvalue weighted by molar-refractivity contribution is -0.110. The van der Waals surface area contributed by atoms with Crippen molar-refractivity contribution in [2.75, 3.05) is 35.6 Å². The molecule has 0 unspecified atom stereocenters. The van der Waals surface area contributed by atoms with Crippen molar-refractivity contribution in [2.24, 2.45) is 16.6 Å². The summed E-state index contributed by atoms with van der Waals surface area (Å²) in [5.41, 5.74) is 14.6. The van der Waals surface area contributed by atoms with Gasteiger partial charge in [-0.15, -0.1) is 0 Å². The molecule has 0 aromatic heterocycles. The van der Waals surface area contributed by atoms with Crippen LogP contribution in [0, 0.1) is 5.92 Å². The van der Waals surface area contributed by atoms with Crippen molar-refractivity contribution in [3.8, 4) is 0 Å². The van der Waals surface area contributed by atoms with Crippen LogP contribution in [-0.4, -0.2) is 31.3 Å². The molecule has 0 bridgehead atoms. The van der Waals surface area contributed by atoms with E-state index in [1.165, 1.54) is 0 Å². The largest absolute Gasteiger partial charge is 0.399 e. The topological polar surface area (TPSA) is 96.7 Å². The zero-order valence-corrected chi connectivity index (χ0v) is 13.2. The van der Waals surface area contributed by atoms with Crippen molar-refractivity contribution in [1.29, 1.82) is 0 Å². The second-order valence-electron chi connectivity index (χ2n) is 6.06. The molecule has 0 radical (unpaired) electrons. The summed E-state index contributed by atoms with van der Waals surface area (Å²) in [7, 11) is 0. The smallest absolute Gasteiger partial charge is 0.270 e. The van der Waals surface area contributed by atoms with Gasteiger partial charge in [-0.05, 0) is 43.5 Å². The predicted molar refractivity (Wildman–Crippen MR) is 94.7 cm³/mol. The summed E-state index contributed by atoms with van der Waals surface area (Å²) in [6.07, 6.45) is 6.25. The molecule has 0 spiro atoms. The van der Waals surface area contributed by atoms with Gasteiger partial charge in [0.25, 0.3) is 5.91 Å². The predicted octanol–water partition coefficient (Wildman–Crippen LogP) is 1.74. The van der Waals surface area contributed by atoms with Crippen LogP contribution in [0.15, 0.2) is 35.5 Å². The highest BCUT2D eigenvalue weighted by atomic mass is 16.1. The van der Waals surface area contributed by atoms with Gasteiger partial charge < -0.3 is 21.7 Å². The van der Waals surface area contributed by atoms with Crippen LogP contribution in [0.25, 0.3) is 0 Å². The molecule has 122 valence electrons. The second-order valence-corrected chi connectivity index (χ2v) is 6.06. The molecule has 23 heavy (non-hydrogen) atoms. The Hall–Kier alpha value is -2.34. The number of anilines is 3. The maximum Gasteiger partial charge on any atom is 0.270 e. The van der Waals surface area contributed by atoms with Crippen LogP contribution in [0.4, 0.5) is 17.1 Å². The first-order valence-corrected chi connectivity index (χ1v) is 8.05. The fourth-order valence-corrected chi connectivity index (χ4v) is 3.04. The number of amides is 1. The molecule has 1 aromatic carbocycles. The third-order valence-electron chi connectivity index (χ3n) is 4.47. The molecule has 1 saturated heterocycles. The molecule has 2 aliphatic heterocycles. The van der Waals surface area contributed by atoms with Crippen molar-refractivity contribution >= 4 is 28.7 Å². The SMILES string of the molecule is NCC1CCN(c2ccc(N)cc2NC(=O)C2=NC=CC2)CC1. The van der Waals surface area contributed by atoms with E-state index in [9.17, 15) is 4.79 Å². The van der Waals surface area contributed by atoms with Gasteiger partial charge in [0.2, 0.25) is 0 Å². The van der Waals surface area contributed by atoms with Crippen LogP contribution < -0.4 is 21.7 Å². The molecule has 0 aliphatic carbocycles. The highest BCUT2D eigenvalue weighted by Crippen LogP contribution is 2.31. The van der Waals surface area contributed by atoms with E-state index in [0.29, 0.717) is 23.7 Å². The summed E-state index contributed by atoms with van der Waals surface area (Å²) in [5, 5.41) is 2.96. The monoisotopic (exact) mass is 313 g/mol.